The smallest absolute Gasteiger partial charge is 0.303 e. The largest absolute Gasteiger partial charge is 0.481 e. The molecule has 0 amide bonds. The molecule has 0 atom stereocenters. The van der Waals surface area contributed by atoms with E-state index in [-0.39, 0.29) is 0 Å². The number of carboxylic acid groups (broad SMARTS) is 1. The number of guanidine groups is 1. The lowest BCUT2D eigenvalue weighted by molar-refractivity contribution is -0.137. The molecule has 0 radical (unpaired) electrons. The molecule has 0 bridgehead atoms. The molecule has 0 aliphatic carbocycles. The average molecular weight is 299 g/mol. The van der Waals surface area contributed by atoms with Crippen molar-refractivity contribution in [2.75, 3.05) is 5.32 Å². The first-order chi connectivity index (χ1) is 10.6. The van der Waals surface area contributed by atoms with Gasteiger partial charge in [-0.15, -0.1) is 0 Å². The summed E-state index contributed by atoms with van der Waals surface area (Å²) in [5, 5.41) is 10.9. The molecule has 5 heteroatoms. The fraction of sp³-hybridized carbons (Fsp3) is 0.176. The highest BCUT2D eigenvalue weighted by atomic mass is 16.4. The van der Waals surface area contributed by atoms with E-state index in [1.807, 2.05) is 67.6 Å². The number of nitrogens with one attached hydrogen (secondary N) is 1. The number of rotatable bonds is 4. The minimum absolute atomic E-state index is 0.292. The number of aliphatic imine (C=N–C) groups is 1. The Morgan fingerprint density at radius 2 is 1.64 bits per heavy atom. The summed E-state index contributed by atoms with van der Waals surface area (Å²) < 4.78 is 0. The summed E-state index contributed by atoms with van der Waals surface area (Å²) >= 11 is 0. The van der Waals surface area contributed by atoms with Crippen molar-refractivity contribution in [2.45, 2.75) is 19.8 Å². The first-order valence-electron chi connectivity index (χ1n) is 7.05. The maximum Gasteiger partial charge on any atom is 0.303 e. The molecule has 4 N–H and O–H groups in total. The van der Waals surface area contributed by atoms with Crippen LogP contribution in [0.15, 0.2) is 65.7 Å². The Hall–Kier alpha value is -2.82. The normalized spacial score (nSPS) is 10.3. The van der Waals surface area contributed by atoms with Crippen LogP contribution in [0.2, 0.25) is 0 Å². The Kier molecular flexibility index (Phi) is 7.82. The van der Waals surface area contributed by atoms with E-state index in [0.717, 1.165) is 17.8 Å². The molecule has 0 saturated carbocycles. The molecule has 22 heavy (non-hydrogen) atoms. The third-order valence-corrected chi connectivity index (χ3v) is 2.52. The van der Waals surface area contributed by atoms with Gasteiger partial charge in [0, 0.05) is 12.1 Å². The summed E-state index contributed by atoms with van der Waals surface area (Å²) in [7, 11) is 0. The van der Waals surface area contributed by atoms with Gasteiger partial charge in [-0.25, -0.2) is 4.99 Å². The van der Waals surface area contributed by atoms with Crippen LogP contribution in [0.5, 0.6) is 0 Å². The van der Waals surface area contributed by atoms with Crippen molar-refractivity contribution < 1.29 is 9.90 Å². The zero-order chi connectivity index (χ0) is 16.2. The predicted octanol–water partition coefficient (Wildman–Crippen LogP) is 3.62. The van der Waals surface area contributed by atoms with Crippen LogP contribution < -0.4 is 11.1 Å². The van der Waals surface area contributed by atoms with E-state index in [9.17, 15) is 4.79 Å². The standard InChI is InChI=1S/C13H13N3.C4H8O2/c14-13(15-11-7-3-1-4-8-11)16-12-9-5-2-6-10-12;1-2-3-4(5)6/h1-10H,(H3,14,15,16);2-3H2,1H3,(H,5,6). The van der Waals surface area contributed by atoms with Gasteiger partial charge in [0.2, 0.25) is 0 Å². The molecular weight excluding hydrogens is 278 g/mol. The van der Waals surface area contributed by atoms with E-state index in [1.165, 1.54) is 0 Å². The van der Waals surface area contributed by atoms with E-state index in [4.69, 9.17) is 10.8 Å². The number of carbonyl (C=O) groups is 1. The number of anilines is 1. The van der Waals surface area contributed by atoms with Crippen molar-refractivity contribution in [1.82, 2.24) is 0 Å². The van der Waals surface area contributed by atoms with Crippen LogP contribution in [0.25, 0.3) is 0 Å². The van der Waals surface area contributed by atoms with Gasteiger partial charge in [-0.1, -0.05) is 43.3 Å². The molecule has 2 aromatic carbocycles. The van der Waals surface area contributed by atoms with Gasteiger partial charge >= 0.3 is 5.97 Å². The summed E-state index contributed by atoms with van der Waals surface area (Å²) in [5.74, 6) is -0.324. The van der Waals surface area contributed by atoms with Gasteiger partial charge in [-0.2, -0.15) is 0 Å². The maximum absolute atomic E-state index is 9.60. The molecule has 0 aliphatic heterocycles. The Labute approximate surface area is 130 Å². The van der Waals surface area contributed by atoms with Crippen molar-refractivity contribution in [3.63, 3.8) is 0 Å². The summed E-state index contributed by atoms with van der Waals surface area (Å²) in [4.78, 5) is 13.8. The topological polar surface area (TPSA) is 87.7 Å². The van der Waals surface area contributed by atoms with Gasteiger partial charge in [0.25, 0.3) is 0 Å². The maximum atomic E-state index is 9.60. The number of benzene rings is 2. The number of nitrogens with two attached hydrogens (primary N) is 1. The Bertz CT molecular complexity index is 583. The molecule has 2 aromatic rings. The zero-order valence-electron chi connectivity index (χ0n) is 12.6. The first kappa shape index (κ1) is 17.2. The lowest BCUT2D eigenvalue weighted by atomic mass is 10.3. The third kappa shape index (κ3) is 7.69. The average Bonchev–Trinajstić information content (AvgIpc) is 2.49. The Balaban J connectivity index is 0.000000346. The lowest BCUT2D eigenvalue weighted by Crippen LogP contribution is -2.21. The third-order valence-electron chi connectivity index (χ3n) is 2.52. The molecule has 0 fully saturated rings. The monoisotopic (exact) mass is 299 g/mol. The van der Waals surface area contributed by atoms with Crippen LogP contribution in [-0.4, -0.2) is 17.0 Å². The van der Waals surface area contributed by atoms with Gasteiger partial charge in [-0.3, -0.25) is 4.79 Å². The summed E-state index contributed by atoms with van der Waals surface area (Å²) in [5.41, 5.74) is 7.54. The second kappa shape index (κ2) is 9.99. The van der Waals surface area contributed by atoms with Gasteiger partial charge in [-0.05, 0) is 30.7 Å². The van der Waals surface area contributed by atoms with Crippen molar-refractivity contribution in [2.24, 2.45) is 10.7 Å². The number of aliphatic carboxylic acids is 1. The molecule has 0 unspecified atom stereocenters. The number of carboxylic acids is 1. The highest BCUT2D eigenvalue weighted by Gasteiger charge is 1.93. The Morgan fingerprint density at radius 3 is 2.09 bits per heavy atom. The molecule has 0 aliphatic rings. The van der Waals surface area contributed by atoms with Crippen molar-refractivity contribution >= 4 is 23.3 Å². The van der Waals surface area contributed by atoms with Crippen LogP contribution in [0.3, 0.4) is 0 Å². The summed E-state index contributed by atoms with van der Waals surface area (Å²) in [6.45, 7) is 1.84. The minimum Gasteiger partial charge on any atom is -0.481 e. The van der Waals surface area contributed by atoms with Crippen LogP contribution in [0.1, 0.15) is 19.8 Å². The molecule has 5 nitrogen and oxygen atoms in total. The molecule has 0 saturated heterocycles. The second-order valence-electron chi connectivity index (χ2n) is 4.47. The fourth-order valence-electron chi connectivity index (χ4n) is 1.55. The van der Waals surface area contributed by atoms with Crippen molar-refractivity contribution in [1.29, 1.82) is 0 Å². The summed E-state index contributed by atoms with van der Waals surface area (Å²) in [6.07, 6.45) is 1.02. The molecule has 0 spiro atoms. The van der Waals surface area contributed by atoms with E-state index in [2.05, 4.69) is 10.3 Å². The number of hydrogen-bond acceptors (Lipinski definition) is 2. The quantitative estimate of drug-likeness (QED) is 0.594. The number of para-hydroxylation sites is 2. The molecule has 2 rings (SSSR count). The van der Waals surface area contributed by atoms with Gasteiger partial charge in [0.15, 0.2) is 5.96 Å². The second-order valence-corrected chi connectivity index (χ2v) is 4.47. The Morgan fingerprint density at radius 1 is 1.09 bits per heavy atom. The van der Waals surface area contributed by atoms with E-state index in [1.54, 1.807) is 0 Å². The summed E-state index contributed by atoms with van der Waals surface area (Å²) in [6, 6.07) is 19.3. The van der Waals surface area contributed by atoms with E-state index in [0.29, 0.717) is 12.4 Å². The van der Waals surface area contributed by atoms with Gasteiger partial charge in [0.1, 0.15) is 0 Å². The molecule has 116 valence electrons. The molecule has 0 heterocycles. The van der Waals surface area contributed by atoms with Crippen LogP contribution in [-0.2, 0) is 4.79 Å². The first-order valence-corrected chi connectivity index (χ1v) is 7.05. The lowest BCUT2D eigenvalue weighted by Gasteiger charge is -2.04. The van der Waals surface area contributed by atoms with Gasteiger partial charge in [0.05, 0.1) is 5.69 Å². The van der Waals surface area contributed by atoms with E-state index < -0.39 is 5.97 Å². The number of hydrogen-bond donors (Lipinski definition) is 3. The number of nitrogens with zero attached hydrogens (tertiary/aromatic N) is 1. The van der Waals surface area contributed by atoms with Crippen LogP contribution in [0, 0.1) is 0 Å². The van der Waals surface area contributed by atoms with Crippen molar-refractivity contribution in [3.05, 3.63) is 60.7 Å². The zero-order valence-corrected chi connectivity index (χ0v) is 12.6. The SMILES string of the molecule is CCCC(=O)O.NC(=Nc1ccccc1)Nc1ccccc1. The predicted molar refractivity (Wildman–Crippen MR) is 90.3 cm³/mol. The highest BCUT2D eigenvalue weighted by Crippen LogP contribution is 2.10. The van der Waals surface area contributed by atoms with Crippen molar-refractivity contribution in [3.8, 4) is 0 Å². The van der Waals surface area contributed by atoms with Crippen LogP contribution in [0.4, 0.5) is 11.4 Å². The fourth-order valence-corrected chi connectivity index (χ4v) is 1.55. The molecule has 0 aromatic heterocycles. The van der Waals surface area contributed by atoms with Gasteiger partial charge < -0.3 is 16.2 Å². The molecular formula is C17H21N3O2. The minimum atomic E-state index is -0.711. The highest BCUT2D eigenvalue weighted by molar-refractivity contribution is 5.93. The van der Waals surface area contributed by atoms with E-state index >= 15 is 0 Å². The van der Waals surface area contributed by atoms with Crippen LogP contribution >= 0.6 is 0 Å².